The van der Waals surface area contributed by atoms with Crippen molar-refractivity contribution in [3.63, 3.8) is 0 Å². The zero-order chi connectivity index (χ0) is 13.5. The van der Waals surface area contributed by atoms with Gasteiger partial charge in [0.25, 0.3) is 5.01 Å². The Morgan fingerprint density at radius 1 is 0.857 bits per heavy atom. The minimum absolute atomic E-state index is 0. The molecule has 0 spiro atoms. The number of aromatic nitrogens is 1. The molecule has 0 amide bonds. The molecule has 4 heteroatoms. The maximum absolute atomic E-state index is 11.9. The molecule has 4 rings (SSSR count). The van der Waals surface area contributed by atoms with Crippen LogP contribution in [0.1, 0.15) is 0 Å². The molecular weight excluding hydrogens is 275 g/mol. The summed E-state index contributed by atoms with van der Waals surface area (Å²) in [6, 6.07) is 19.7. The van der Waals surface area contributed by atoms with Crippen molar-refractivity contribution in [1.82, 2.24) is 0 Å². The van der Waals surface area contributed by atoms with Crippen LogP contribution < -0.4 is 10.1 Å². The van der Waals surface area contributed by atoms with E-state index in [1.165, 1.54) is 15.5 Å². The van der Waals surface area contributed by atoms with Gasteiger partial charge in [0, 0.05) is 11.6 Å². The number of hydrogen-bond donors (Lipinski definition) is 0. The first-order valence-electron chi connectivity index (χ1n) is 6.42. The Morgan fingerprint density at radius 3 is 2.29 bits per heavy atom. The summed E-state index contributed by atoms with van der Waals surface area (Å²) in [5.41, 5.74) is 1.81. The molecule has 0 atom stereocenters. The summed E-state index contributed by atoms with van der Waals surface area (Å²) in [6.07, 6.45) is 0. The molecule has 0 saturated carbocycles. The number of benzene rings is 3. The topological polar surface area (TPSA) is 37.2 Å². The van der Waals surface area contributed by atoms with Gasteiger partial charge in [0.05, 0.1) is 0 Å². The Labute approximate surface area is 129 Å². The van der Waals surface area contributed by atoms with Gasteiger partial charge in [-0.3, -0.25) is 0 Å². The molecule has 96 valence electrons. The Bertz CT molecular complexity index is 880. The average Bonchev–Trinajstić information content (AvgIpc) is 2.87. The summed E-state index contributed by atoms with van der Waals surface area (Å²) in [5, 5.41) is 15.3. The number of rotatable bonds is 1. The van der Waals surface area contributed by atoms with Crippen molar-refractivity contribution in [2.24, 2.45) is 0 Å². The first-order chi connectivity index (χ1) is 9.81. The van der Waals surface area contributed by atoms with Gasteiger partial charge < -0.3 is 5.11 Å². The fourth-order valence-electron chi connectivity index (χ4n) is 2.44. The molecule has 0 aliphatic carbocycles. The van der Waals surface area contributed by atoms with Crippen LogP contribution in [0.5, 0.6) is 5.75 Å². The van der Waals surface area contributed by atoms with Gasteiger partial charge in [-0.2, -0.15) is 4.98 Å². The van der Waals surface area contributed by atoms with E-state index in [1.54, 1.807) is 23.5 Å². The summed E-state index contributed by atoms with van der Waals surface area (Å²) in [6.45, 7) is 0. The van der Waals surface area contributed by atoms with Crippen LogP contribution in [-0.2, 0) is 0 Å². The zero-order valence-corrected chi connectivity index (χ0v) is 12.1. The van der Waals surface area contributed by atoms with Gasteiger partial charge in [0.15, 0.2) is 0 Å². The molecule has 2 nitrogen and oxygen atoms in total. The molecule has 0 radical (unpaired) electrons. The van der Waals surface area contributed by atoms with Crippen molar-refractivity contribution in [1.29, 1.82) is 0 Å². The van der Waals surface area contributed by atoms with Crippen LogP contribution in [-0.4, -0.2) is 10.1 Å². The maximum Gasteiger partial charge on any atom is 2.00 e. The second kappa shape index (κ2) is 5.28. The first kappa shape index (κ1) is 13.7. The second-order valence-corrected chi connectivity index (χ2v) is 5.80. The summed E-state index contributed by atoms with van der Waals surface area (Å²) in [4.78, 5) is 3.36. The quantitative estimate of drug-likeness (QED) is 0.495. The van der Waals surface area contributed by atoms with Crippen LogP contribution in [0, 0.1) is 0 Å². The fraction of sp³-hybridized carbons (Fsp3) is 0. The van der Waals surface area contributed by atoms with Crippen molar-refractivity contribution in [2.75, 3.05) is 0 Å². The van der Waals surface area contributed by atoms with Crippen molar-refractivity contribution in [3.8, 4) is 16.3 Å². The summed E-state index contributed by atoms with van der Waals surface area (Å²) < 4.78 is 1.17. The number of thiazole rings is 1. The van der Waals surface area contributed by atoms with E-state index in [2.05, 4.69) is 29.2 Å². The Balaban J connectivity index is 0.00000132. The van der Waals surface area contributed by atoms with E-state index in [1.807, 2.05) is 24.3 Å². The van der Waals surface area contributed by atoms with E-state index >= 15 is 0 Å². The van der Waals surface area contributed by atoms with Crippen LogP contribution in [0.4, 0.5) is 0 Å². The van der Waals surface area contributed by atoms with Gasteiger partial charge in [-0.05, 0) is 22.9 Å². The molecule has 0 bridgehead atoms. The van der Waals surface area contributed by atoms with Gasteiger partial charge in [-0.1, -0.05) is 59.6 Å². The van der Waals surface area contributed by atoms with Gasteiger partial charge in [-0.25, -0.2) is 0 Å². The molecule has 4 aromatic rings. The van der Waals surface area contributed by atoms with Crippen LogP contribution in [0.25, 0.3) is 31.6 Å². The fourth-order valence-corrected chi connectivity index (χ4v) is 3.50. The average molecular weight is 286 g/mol. The van der Waals surface area contributed by atoms with E-state index in [4.69, 9.17) is 0 Å². The van der Waals surface area contributed by atoms with E-state index in [9.17, 15) is 5.11 Å². The molecule has 0 aliphatic rings. The van der Waals surface area contributed by atoms with Crippen LogP contribution in [0.3, 0.4) is 0 Å². The molecule has 0 unspecified atom stereocenters. The van der Waals surface area contributed by atoms with E-state index in [0.29, 0.717) is 0 Å². The summed E-state index contributed by atoms with van der Waals surface area (Å²) >= 11 is 1.62. The largest absolute Gasteiger partial charge is 2.00 e. The predicted molar refractivity (Wildman–Crippen MR) is 86.5 cm³/mol. The molecule has 1 aromatic heterocycles. The first-order valence-corrected chi connectivity index (χ1v) is 7.24. The molecule has 1 heterocycles. The van der Waals surface area contributed by atoms with Crippen molar-refractivity contribution < 1.29 is 10.1 Å². The van der Waals surface area contributed by atoms with Crippen LogP contribution >= 0.6 is 11.3 Å². The van der Waals surface area contributed by atoms with Crippen molar-refractivity contribution >= 4 is 42.4 Å². The number of para-hydroxylation sites is 1. The minimum Gasteiger partial charge on any atom is -0.872 e. The molecular formula is C17H11BeNOS+2. The third-order valence-electron chi connectivity index (χ3n) is 3.44. The molecule has 21 heavy (non-hydrogen) atoms. The minimum atomic E-state index is 0. The van der Waals surface area contributed by atoms with E-state index in [0.717, 1.165) is 16.1 Å². The summed E-state index contributed by atoms with van der Waals surface area (Å²) in [5.74, 6) is 0.0554. The van der Waals surface area contributed by atoms with Gasteiger partial charge >= 0.3 is 10.1 Å². The molecule has 0 saturated heterocycles. The van der Waals surface area contributed by atoms with Crippen molar-refractivity contribution in [2.45, 2.75) is 0 Å². The third kappa shape index (κ3) is 2.31. The zero-order valence-electron chi connectivity index (χ0n) is 11.3. The number of hydrogen-bond acceptors (Lipinski definition) is 2. The number of nitrogens with one attached hydrogen (secondary N) is 1. The number of H-pyrrole nitrogens is 1. The van der Waals surface area contributed by atoms with Crippen LogP contribution in [0.15, 0.2) is 60.7 Å². The smallest absolute Gasteiger partial charge is 0.872 e. The third-order valence-corrected chi connectivity index (χ3v) is 4.52. The normalized spacial score (nSPS) is 10.7. The standard InChI is InChI=1S/C17H11NOS.Be/c19-15-8-4-3-7-13(15)17-18-14-9-11-5-1-2-6-12(11)10-16(14)20-17;/h1-10,19H;/q;+2. The van der Waals surface area contributed by atoms with Crippen LogP contribution in [0.2, 0.25) is 0 Å². The molecule has 0 aliphatic heterocycles. The molecule has 1 N–H and O–H groups in total. The molecule has 3 aromatic carbocycles. The SMILES string of the molecule is [Be+2].[O-]c1ccccc1-c1[nH+]c2cc3ccccc3cc2s1. The molecule has 0 fully saturated rings. The summed E-state index contributed by atoms with van der Waals surface area (Å²) in [7, 11) is 0. The Hall–Kier alpha value is -2.22. The maximum atomic E-state index is 11.9. The Morgan fingerprint density at radius 2 is 1.52 bits per heavy atom. The van der Waals surface area contributed by atoms with Gasteiger partial charge in [0.1, 0.15) is 4.70 Å². The second-order valence-electron chi connectivity index (χ2n) is 4.75. The van der Waals surface area contributed by atoms with Gasteiger partial charge in [0.2, 0.25) is 5.52 Å². The van der Waals surface area contributed by atoms with Gasteiger partial charge in [-0.15, -0.1) is 0 Å². The predicted octanol–water partition coefficient (Wildman–Crippen LogP) is 3.23. The van der Waals surface area contributed by atoms with E-state index < -0.39 is 0 Å². The van der Waals surface area contributed by atoms with E-state index in [-0.39, 0.29) is 15.9 Å². The number of fused-ring (bicyclic) bond motifs is 2. The number of aromatic amines is 1. The van der Waals surface area contributed by atoms with Crippen molar-refractivity contribution in [3.05, 3.63) is 60.7 Å². The monoisotopic (exact) mass is 286 g/mol. The Kier molecular flexibility index (Phi) is 3.46.